The zero-order valence-corrected chi connectivity index (χ0v) is 8.70. The van der Waals surface area contributed by atoms with Crippen molar-refractivity contribution >= 4 is 12.1 Å². The van der Waals surface area contributed by atoms with Crippen LogP contribution in [0.3, 0.4) is 0 Å². The molecular weight excluding hydrogens is 218 g/mol. The van der Waals surface area contributed by atoms with Gasteiger partial charge in [0.2, 0.25) is 0 Å². The van der Waals surface area contributed by atoms with E-state index in [-0.39, 0.29) is 6.54 Å². The first-order valence-corrected chi connectivity index (χ1v) is 4.84. The van der Waals surface area contributed by atoms with Gasteiger partial charge < -0.3 is 20.7 Å². The van der Waals surface area contributed by atoms with Gasteiger partial charge in [0.15, 0.2) is 0 Å². The number of morpholine rings is 1. The number of carboxylic acids is 1. The van der Waals surface area contributed by atoms with E-state index in [1.807, 2.05) is 0 Å². The van der Waals surface area contributed by atoms with Crippen molar-refractivity contribution < 1.29 is 24.5 Å². The van der Waals surface area contributed by atoms with Gasteiger partial charge >= 0.3 is 12.1 Å². The van der Waals surface area contributed by atoms with Gasteiger partial charge in [0, 0.05) is 13.1 Å². The van der Waals surface area contributed by atoms with Crippen molar-refractivity contribution in [3.63, 3.8) is 0 Å². The molecule has 1 amide bonds. The van der Waals surface area contributed by atoms with Gasteiger partial charge in [-0.3, -0.25) is 4.79 Å². The number of hydrazine groups is 1. The Labute approximate surface area is 92.1 Å². The molecule has 0 radical (unpaired) electrons. The number of ether oxygens (including phenoxy) is 1. The quantitative estimate of drug-likeness (QED) is 0.548. The van der Waals surface area contributed by atoms with Crippen LogP contribution in [0.5, 0.6) is 0 Å². The summed E-state index contributed by atoms with van der Waals surface area (Å²) in [4.78, 5) is 21.5. The monoisotopic (exact) mass is 233 g/mol. The van der Waals surface area contributed by atoms with Crippen molar-refractivity contribution in [1.82, 2.24) is 10.0 Å². The van der Waals surface area contributed by atoms with Crippen LogP contribution in [0.2, 0.25) is 0 Å². The summed E-state index contributed by atoms with van der Waals surface area (Å²) in [5.74, 6) is -1.22. The molecule has 1 fully saturated rings. The Hall–Kier alpha value is -1.38. The lowest BCUT2D eigenvalue weighted by atomic mass is 10.3. The molecule has 0 aromatic carbocycles. The number of nitrogens with zero attached hydrogens (tertiary/aromatic N) is 2. The van der Waals surface area contributed by atoms with Gasteiger partial charge in [-0.25, -0.2) is 14.8 Å². The second kappa shape index (κ2) is 5.64. The number of rotatable bonds is 4. The fourth-order valence-electron chi connectivity index (χ4n) is 1.37. The summed E-state index contributed by atoms with van der Waals surface area (Å²) in [5, 5.41) is 20.0. The lowest BCUT2D eigenvalue weighted by Gasteiger charge is -2.35. The molecule has 0 bridgehead atoms. The predicted octanol–water partition coefficient (Wildman–Crippen LogP) is -1.37. The highest BCUT2D eigenvalue weighted by atomic mass is 16.5. The molecule has 0 aromatic heterocycles. The molecule has 0 saturated carbocycles. The maximum atomic E-state index is 11.0. The first-order chi connectivity index (χ1) is 7.52. The molecule has 4 N–H and O–H groups in total. The number of hydrogen-bond donors (Lipinski definition) is 3. The van der Waals surface area contributed by atoms with Crippen LogP contribution in [-0.2, 0) is 9.53 Å². The molecule has 0 spiro atoms. The highest BCUT2D eigenvalue weighted by Crippen LogP contribution is 2.04. The Bertz CT molecular complexity index is 266. The third-order valence-electron chi connectivity index (χ3n) is 2.24. The standard InChI is InChI=1S/C8H15N3O5/c9-6(7(12)13)5-11(8(14)15)10-1-3-16-4-2-10/h6H,1-5,9H2,(H,12,13)(H,14,15)/t6-/m0/s1. The summed E-state index contributed by atoms with van der Waals surface area (Å²) in [7, 11) is 0. The summed E-state index contributed by atoms with van der Waals surface area (Å²) >= 11 is 0. The molecule has 1 rings (SSSR count). The van der Waals surface area contributed by atoms with Gasteiger partial charge in [0.25, 0.3) is 0 Å². The summed E-state index contributed by atoms with van der Waals surface area (Å²) in [6, 6.07) is -1.22. The average Bonchev–Trinajstić information content (AvgIpc) is 2.26. The van der Waals surface area contributed by atoms with Crippen LogP contribution in [0.4, 0.5) is 4.79 Å². The molecule has 1 heterocycles. The molecule has 1 saturated heterocycles. The Morgan fingerprint density at radius 3 is 2.38 bits per heavy atom. The normalized spacial score (nSPS) is 19.1. The fourth-order valence-corrected chi connectivity index (χ4v) is 1.37. The molecule has 8 nitrogen and oxygen atoms in total. The van der Waals surface area contributed by atoms with Crippen LogP contribution in [0.25, 0.3) is 0 Å². The first kappa shape index (κ1) is 12.7. The van der Waals surface area contributed by atoms with Crippen LogP contribution < -0.4 is 5.73 Å². The van der Waals surface area contributed by atoms with E-state index in [0.29, 0.717) is 26.3 Å². The van der Waals surface area contributed by atoms with Crippen LogP contribution >= 0.6 is 0 Å². The minimum absolute atomic E-state index is 0.259. The number of hydrogen-bond acceptors (Lipinski definition) is 5. The van der Waals surface area contributed by atoms with Crippen molar-refractivity contribution in [2.24, 2.45) is 5.73 Å². The Morgan fingerprint density at radius 1 is 1.38 bits per heavy atom. The van der Waals surface area contributed by atoms with Crippen LogP contribution in [-0.4, -0.2) is 71.2 Å². The predicted molar refractivity (Wildman–Crippen MR) is 52.7 cm³/mol. The van der Waals surface area contributed by atoms with Crippen molar-refractivity contribution in [3.05, 3.63) is 0 Å². The van der Waals surface area contributed by atoms with Gasteiger partial charge in [-0.1, -0.05) is 0 Å². The molecule has 16 heavy (non-hydrogen) atoms. The Balaban J connectivity index is 2.59. The van der Waals surface area contributed by atoms with Crippen molar-refractivity contribution in [1.29, 1.82) is 0 Å². The van der Waals surface area contributed by atoms with E-state index in [1.165, 1.54) is 5.01 Å². The van der Waals surface area contributed by atoms with E-state index in [9.17, 15) is 9.59 Å². The van der Waals surface area contributed by atoms with Crippen molar-refractivity contribution in [3.8, 4) is 0 Å². The van der Waals surface area contributed by atoms with Crippen molar-refractivity contribution in [2.45, 2.75) is 6.04 Å². The van der Waals surface area contributed by atoms with Crippen LogP contribution in [0.1, 0.15) is 0 Å². The highest BCUT2D eigenvalue weighted by Gasteiger charge is 2.27. The van der Waals surface area contributed by atoms with Crippen LogP contribution in [0.15, 0.2) is 0 Å². The van der Waals surface area contributed by atoms with E-state index < -0.39 is 18.1 Å². The fraction of sp³-hybridized carbons (Fsp3) is 0.750. The van der Waals surface area contributed by atoms with Crippen LogP contribution in [0, 0.1) is 0 Å². The average molecular weight is 233 g/mol. The number of nitrogens with two attached hydrogens (primary N) is 1. The molecule has 0 unspecified atom stereocenters. The third-order valence-corrected chi connectivity index (χ3v) is 2.24. The Morgan fingerprint density at radius 2 is 1.94 bits per heavy atom. The summed E-state index contributed by atoms with van der Waals surface area (Å²) < 4.78 is 5.07. The largest absolute Gasteiger partial charge is 0.480 e. The second-order valence-corrected chi connectivity index (χ2v) is 3.38. The summed E-state index contributed by atoms with van der Waals surface area (Å²) in [6.07, 6.45) is -1.21. The van der Waals surface area contributed by atoms with E-state index in [1.54, 1.807) is 0 Å². The Kier molecular flexibility index (Phi) is 4.47. The summed E-state index contributed by atoms with van der Waals surface area (Å²) in [5.41, 5.74) is 5.30. The lowest BCUT2D eigenvalue weighted by molar-refractivity contribution is -0.140. The van der Waals surface area contributed by atoms with E-state index in [0.717, 1.165) is 5.01 Å². The molecule has 92 valence electrons. The lowest BCUT2D eigenvalue weighted by Crippen LogP contribution is -2.55. The van der Waals surface area contributed by atoms with E-state index in [4.69, 9.17) is 20.7 Å². The number of amides is 1. The van der Waals surface area contributed by atoms with E-state index >= 15 is 0 Å². The maximum Gasteiger partial charge on any atom is 0.422 e. The molecular formula is C8H15N3O5. The molecule has 1 aliphatic heterocycles. The number of aliphatic carboxylic acids is 1. The van der Waals surface area contributed by atoms with Gasteiger partial charge in [-0.05, 0) is 0 Å². The number of carbonyl (C=O) groups is 2. The smallest absolute Gasteiger partial charge is 0.422 e. The van der Waals surface area contributed by atoms with Gasteiger partial charge in [-0.15, -0.1) is 0 Å². The zero-order chi connectivity index (χ0) is 12.1. The molecule has 0 aromatic rings. The highest BCUT2D eigenvalue weighted by molar-refractivity contribution is 5.74. The summed E-state index contributed by atoms with van der Waals surface area (Å²) in [6.45, 7) is 1.42. The number of carboxylic acid groups (broad SMARTS) is 2. The molecule has 1 aliphatic rings. The SMILES string of the molecule is N[C@@H](CN(C(=O)O)N1CCOCC1)C(=O)O. The van der Waals surface area contributed by atoms with Crippen molar-refractivity contribution in [2.75, 3.05) is 32.8 Å². The van der Waals surface area contributed by atoms with Gasteiger partial charge in [-0.2, -0.15) is 0 Å². The maximum absolute atomic E-state index is 11.0. The minimum Gasteiger partial charge on any atom is -0.480 e. The zero-order valence-electron chi connectivity index (χ0n) is 8.70. The minimum atomic E-state index is -1.22. The molecule has 8 heteroatoms. The van der Waals surface area contributed by atoms with Gasteiger partial charge in [0.05, 0.1) is 19.8 Å². The first-order valence-electron chi connectivity index (χ1n) is 4.84. The topological polar surface area (TPSA) is 116 Å². The third kappa shape index (κ3) is 3.33. The molecule has 0 aliphatic carbocycles. The molecule has 1 atom stereocenters. The van der Waals surface area contributed by atoms with Gasteiger partial charge in [0.1, 0.15) is 6.04 Å². The van der Waals surface area contributed by atoms with E-state index in [2.05, 4.69) is 0 Å². The second-order valence-electron chi connectivity index (χ2n) is 3.38.